The van der Waals surface area contributed by atoms with Crippen LogP contribution in [0, 0.1) is 0 Å². The summed E-state index contributed by atoms with van der Waals surface area (Å²) in [7, 11) is 1.52. The van der Waals surface area contributed by atoms with Crippen LogP contribution in [-0.2, 0) is 0 Å². The van der Waals surface area contributed by atoms with Crippen molar-refractivity contribution in [2.75, 3.05) is 7.11 Å². The third-order valence-corrected chi connectivity index (χ3v) is 1.82. The van der Waals surface area contributed by atoms with Crippen LogP contribution in [0.2, 0.25) is 0 Å². The van der Waals surface area contributed by atoms with E-state index in [1.165, 1.54) is 7.11 Å². The highest BCUT2D eigenvalue weighted by molar-refractivity contribution is 5.72. The van der Waals surface area contributed by atoms with Crippen molar-refractivity contribution >= 4 is 6.29 Å². The molecule has 1 rings (SSSR count). The maximum atomic E-state index is 10.5. The summed E-state index contributed by atoms with van der Waals surface area (Å²) in [5.41, 5.74) is 6.57. The summed E-state index contributed by atoms with van der Waals surface area (Å²) >= 11 is 0. The van der Waals surface area contributed by atoms with E-state index in [2.05, 4.69) is 11.6 Å². The van der Waals surface area contributed by atoms with Crippen LogP contribution >= 0.6 is 0 Å². The van der Waals surface area contributed by atoms with Gasteiger partial charge >= 0.3 is 0 Å². The average Bonchev–Trinajstić information content (AvgIpc) is 2.27. The Morgan fingerprint density at radius 2 is 2.36 bits per heavy atom. The van der Waals surface area contributed by atoms with Gasteiger partial charge in [-0.1, -0.05) is 6.08 Å². The van der Waals surface area contributed by atoms with Gasteiger partial charge in [-0.2, -0.15) is 0 Å². The number of methoxy groups -OCH3 is 1. The number of ether oxygens (including phenoxy) is 1. The third-order valence-electron chi connectivity index (χ3n) is 1.82. The molecular formula is C10H12N2O2. The molecule has 2 N–H and O–H groups in total. The molecule has 4 heteroatoms. The number of pyridine rings is 1. The highest BCUT2D eigenvalue weighted by atomic mass is 16.5. The van der Waals surface area contributed by atoms with E-state index in [1.54, 1.807) is 18.2 Å². The number of nitrogens with zero attached hydrogens (tertiary/aromatic N) is 1. The van der Waals surface area contributed by atoms with Crippen LogP contribution in [0.1, 0.15) is 22.2 Å². The molecule has 0 aliphatic heterocycles. The Morgan fingerprint density at radius 1 is 1.64 bits per heavy atom. The van der Waals surface area contributed by atoms with Gasteiger partial charge in [0.05, 0.1) is 13.2 Å². The maximum absolute atomic E-state index is 10.5. The predicted octanol–water partition coefficient (Wildman–Crippen LogP) is 1.09. The van der Waals surface area contributed by atoms with Gasteiger partial charge in [0.15, 0.2) is 6.29 Å². The molecular weight excluding hydrogens is 180 g/mol. The minimum atomic E-state index is -0.426. The molecule has 0 radical (unpaired) electrons. The quantitative estimate of drug-likeness (QED) is 0.572. The summed E-state index contributed by atoms with van der Waals surface area (Å²) in [4.78, 5) is 14.5. The molecule has 0 aliphatic carbocycles. The summed E-state index contributed by atoms with van der Waals surface area (Å²) in [5, 5.41) is 0. The Balaban J connectivity index is 3.20. The smallest absolute Gasteiger partial charge is 0.168 e. The van der Waals surface area contributed by atoms with Gasteiger partial charge in [-0.05, 0) is 12.1 Å². The van der Waals surface area contributed by atoms with Crippen LogP contribution in [0.25, 0.3) is 0 Å². The van der Waals surface area contributed by atoms with Gasteiger partial charge in [-0.25, -0.2) is 4.98 Å². The standard InChI is InChI=1S/C10H12N2O2/c1-3-8(11)10-9(14-2)5-4-7(6-13)12-10/h3-6,8H,1,11H2,2H3/t8-/m1/s1. The molecule has 1 aromatic heterocycles. The Bertz CT molecular complexity index is 350. The van der Waals surface area contributed by atoms with Crippen molar-refractivity contribution in [2.45, 2.75) is 6.04 Å². The molecule has 1 atom stereocenters. The molecule has 0 saturated carbocycles. The number of rotatable bonds is 4. The van der Waals surface area contributed by atoms with Crippen molar-refractivity contribution in [2.24, 2.45) is 5.73 Å². The van der Waals surface area contributed by atoms with Crippen LogP contribution < -0.4 is 10.5 Å². The molecule has 1 heterocycles. The highest BCUT2D eigenvalue weighted by Crippen LogP contribution is 2.21. The summed E-state index contributed by atoms with van der Waals surface area (Å²) < 4.78 is 5.06. The van der Waals surface area contributed by atoms with Crippen molar-refractivity contribution in [3.63, 3.8) is 0 Å². The lowest BCUT2D eigenvalue weighted by atomic mass is 10.1. The fraction of sp³-hybridized carbons (Fsp3) is 0.200. The van der Waals surface area contributed by atoms with Crippen LogP contribution in [-0.4, -0.2) is 18.4 Å². The van der Waals surface area contributed by atoms with Crippen LogP contribution in [0.3, 0.4) is 0 Å². The number of carbonyl (C=O) groups is 1. The molecule has 0 aliphatic rings. The molecule has 0 saturated heterocycles. The van der Waals surface area contributed by atoms with Gasteiger partial charge in [-0.3, -0.25) is 4.79 Å². The lowest BCUT2D eigenvalue weighted by Crippen LogP contribution is -2.11. The summed E-state index contributed by atoms with van der Waals surface area (Å²) in [5.74, 6) is 0.558. The van der Waals surface area contributed by atoms with Crippen molar-refractivity contribution in [3.8, 4) is 5.75 Å². The molecule has 0 bridgehead atoms. The van der Waals surface area contributed by atoms with Gasteiger partial charge in [0, 0.05) is 0 Å². The molecule has 14 heavy (non-hydrogen) atoms. The minimum absolute atomic E-state index is 0.332. The molecule has 0 aromatic carbocycles. The van der Waals surface area contributed by atoms with Crippen molar-refractivity contribution < 1.29 is 9.53 Å². The monoisotopic (exact) mass is 192 g/mol. The molecule has 0 amide bonds. The number of hydrogen-bond acceptors (Lipinski definition) is 4. The second-order valence-corrected chi connectivity index (χ2v) is 2.70. The SMILES string of the molecule is C=C[C@@H](N)c1nc(C=O)ccc1OC. The fourth-order valence-electron chi connectivity index (χ4n) is 1.07. The Kier molecular flexibility index (Phi) is 3.36. The zero-order valence-electron chi connectivity index (χ0n) is 7.93. The van der Waals surface area contributed by atoms with E-state index in [9.17, 15) is 4.79 Å². The fourth-order valence-corrected chi connectivity index (χ4v) is 1.07. The predicted molar refractivity (Wildman–Crippen MR) is 53.3 cm³/mol. The van der Waals surface area contributed by atoms with E-state index in [1.807, 2.05) is 0 Å². The zero-order valence-corrected chi connectivity index (χ0v) is 7.93. The first-order chi connectivity index (χ1) is 6.72. The van der Waals surface area contributed by atoms with Crippen LogP contribution in [0.15, 0.2) is 24.8 Å². The maximum Gasteiger partial charge on any atom is 0.168 e. The largest absolute Gasteiger partial charge is 0.495 e. The van der Waals surface area contributed by atoms with E-state index < -0.39 is 6.04 Å². The van der Waals surface area contributed by atoms with Crippen LogP contribution in [0.5, 0.6) is 5.75 Å². The summed E-state index contributed by atoms with van der Waals surface area (Å²) in [6, 6.07) is 2.81. The Labute approximate surface area is 82.4 Å². The Hall–Kier alpha value is -1.68. The molecule has 0 fully saturated rings. The first-order valence-electron chi connectivity index (χ1n) is 4.11. The van der Waals surface area contributed by atoms with E-state index in [0.717, 1.165) is 0 Å². The van der Waals surface area contributed by atoms with Gasteiger partial charge in [0.25, 0.3) is 0 Å². The number of aldehydes is 1. The van der Waals surface area contributed by atoms with E-state index in [4.69, 9.17) is 10.5 Å². The summed E-state index contributed by atoms with van der Waals surface area (Å²) in [6.07, 6.45) is 2.21. The molecule has 0 spiro atoms. The number of aromatic nitrogens is 1. The second kappa shape index (κ2) is 4.53. The van der Waals surface area contributed by atoms with E-state index in [0.29, 0.717) is 23.4 Å². The number of hydrogen-bond donors (Lipinski definition) is 1. The first-order valence-corrected chi connectivity index (χ1v) is 4.11. The topological polar surface area (TPSA) is 65.2 Å². The zero-order chi connectivity index (χ0) is 10.6. The summed E-state index contributed by atoms with van der Waals surface area (Å²) in [6.45, 7) is 3.56. The molecule has 1 aromatic rings. The van der Waals surface area contributed by atoms with Crippen molar-refractivity contribution in [1.82, 2.24) is 4.98 Å². The van der Waals surface area contributed by atoms with Gasteiger partial charge in [-0.15, -0.1) is 6.58 Å². The molecule has 0 unspecified atom stereocenters. The normalized spacial score (nSPS) is 11.9. The lowest BCUT2D eigenvalue weighted by Gasteiger charge is -2.10. The van der Waals surface area contributed by atoms with E-state index in [-0.39, 0.29) is 0 Å². The molecule has 4 nitrogen and oxygen atoms in total. The number of nitrogens with two attached hydrogens (primary N) is 1. The number of carbonyl (C=O) groups excluding carboxylic acids is 1. The first kappa shape index (κ1) is 10.4. The molecule has 74 valence electrons. The minimum Gasteiger partial charge on any atom is -0.495 e. The van der Waals surface area contributed by atoms with Gasteiger partial charge < -0.3 is 10.5 Å². The highest BCUT2D eigenvalue weighted by Gasteiger charge is 2.11. The van der Waals surface area contributed by atoms with Gasteiger partial charge in [0.1, 0.15) is 17.1 Å². The lowest BCUT2D eigenvalue weighted by molar-refractivity contribution is 0.111. The van der Waals surface area contributed by atoms with Crippen molar-refractivity contribution in [1.29, 1.82) is 0 Å². The average molecular weight is 192 g/mol. The Morgan fingerprint density at radius 3 is 2.86 bits per heavy atom. The van der Waals surface area contributed by atoms with Crippen molar-refractivity contribution in [3.05, 3.63) is 36.2 Å². The van der Waals surface area contributed by atoms with Gasteiger partial charge in [0.2, 0.25) is 0 Å². The van der Waals surface area contributed by atoms with Crippen LogP contribution in [0.4, 0.5) is 0 Å². The third kappa shape index (κ3) is 1.97. The van der Waals surface area contributed by atoms with E-state index >= 15 is 0 Å². The second-order valence-electron chi connectivity index (χ2n) is 2.70.